The van der Waals surface area contributed by atoms with Crippen LogP contribution in [0.3, 0.4) is 0 Å². The van der Waals surface area contributed by atoms with E-state index in [0.29, 0.717) is 25.8 Å². The zero-order chi connectivity index (χ0) is 47.6. The smallest absolute Gasteiger partial charge is 0.326 e. The van der Waals surface area contributed by atoms with E-state index in [1.54, 1.807) is 6.92 Å². The molecule has 17 nitrogen and oxygen atoms in total. The van der Waals surface area contributed by atoms with Gasteiger partial charge in [0.2, 0.25) is 17.7 Å². The lowest BCUT2D eigenvalue weighted by molar-refractivity contribution is -0.145. The van der Waals surface area contributed by atoms with Gasteiger partial charge in [0.05, 0.1) is 39.0 Å². The average Bonchev–Trinajstić information content (AvgIpc) is 3.25. The number of carboxylic acid groups (broad SMARTS) is 2. The number of carboxylic acids is 2. The van der Waals surface area contributed by atoms with Gasteiger partial charge < -0.3 is 45.1 Å². The first-order valence-corrected chi connectivity index (χ1v) is 23.9. The van der Waals surface area contributed by atoms with E-state index in [9.17, 15) is 48.6 Å². The van der Waals surface area contributed by atoms with Crippen LogP contribution in [0.15, 0.2) is 0 Å². The summed E-state index contributed by atoms with van der Waals surface area (Å²) in [5.41, 5.74) is 0. The molecule has 0 bridgehead atoms. The fourth-order valence-corrected chi connectivity index (χ4v) is 6.88. The molecule has 0 radical (unpaired) electrons. The van der Waals surface area contributed by atoms with Crippen LogP contribution < -0.4 is 16.0 Å². The van der Waals surface area contributed by atoms with Gasteiger partial charge in [0.15, 0.2) is 0 Å². The largest absolute Gasteiger partial charge is 0.481 e. The number of aliphatic carboxylic acids is 2. The van der Waals surface area contributed by atoms with Crippen molar-refractivity contribution in [3.8, 4) is 0 Å². The lowest BCUT2D eigenvalue weighted by atomic mass is 9.94. The van der Waals surface area contributed by atoms with Crippen LogP contribution in [-0.4, -0.2) is 129 Å². The Labute approximate surface area is 382 Å². The Kier molecular flexibility index (Phi) is 39.4. The summed E-state index contributed by atoms with van der Waals surface area (Å²) in [6.07, 6.45) is 16.1. The minimum Gasteiger partial charge on any atom is -0.481 e. The summed E-state index contributed by atoms with van der Waals surface area (Å²) < 4.78 is 21.4. The van der Waals surface area contributed by atoms with E-state index in [0.717, 1.165) is 44.9 Å². The standard InChI is InChI=1S/C47H83N3O14/c1-4-6-7-8-9-10-11-12-13-14-15-20-41(53)34-39(46(57)58)22-25-43(54)50-42(47(59)60)24-23-40(52)21-18-28-61-30-32-63-36-45(56)49-27-29-62-31-33-64-35-44(55)48-26-17-16-19-38(5-2)37(3)51/h38-39,42H,4-36H2,1-3H3,(H,48,55)(H,49,56)(H,50,54)(H,57,58)(H,59,60)/t38-,39?,42?/m0/s1. The SMILES string of the molecule is CCCCCCCCCCCCCC(=O)CC(CCC(=O)NC(CCC(=O)CCCOCCOCC(=O)NCCOCCOCC(=O)NCCCC[C@H](CC)C(C)=O)C(=O)O)C(=O)O. The zero-order valence-corrected chi connectivity index (χ0v) is 39.4. The van der Waals surface area contributed by atoms with Gasteiger partial charge in [0.25, 0.3) is 0 Å². The first kappa shape index (κ1) is 60.2. The van der Waals surface area contributed by atoms with Crippen molar-refractivity contribution in [3.63, 3.8) is 0 Å². The molecule has 3 atom stereocenters. The molecule has 0 aromatic carbocycles. The van der Waals surface area contributed by atoms with Gasteiger partial charge >= 0.3 is 11.9 Å². The Morgan fingerprint density at radius 2 is 1.02 bits per heavy atom. The second kappa shape index (κ2) is 41.9. The Balaban J connectivity index is 3.93. The van der Waals surface area contributed by atoms with Crippen LogP contribution in [0.4, 0.5) is 0 Å². The number of carbonyl (C=O) groups is 8. The predicted molar refractivity (Wildman–Crippen MR) is 242 cm³/mol. The van der Waals surface area contributed by atoms with Gasteiger partial charge in [-0.3, -0.25) is 33.6 Å². The van der Waals surface area contributed by atoms with E-state index < -0.39 is 29.8 Å². The lowest BCUT2D eigenvalue weighted by Gasteiger charge is -2.16. The quantitative estimate of drug-likeness (QED) is 0.0446. The molecule has 0 aliphatic carbocycles. The normalized spacial score (nSPS) is 12.5. The van der Waals surface area contributed by atoms with Gasteiger partial charge in [-0.1, -0.05) is 84.5 Å². The fraction of sp³-hybridized carbons (Fsp3) is 0.830. The molecular weight excluding hydrogens is 831 g/mol. The number of unbranched alkanes of at least 4 members (excludes halogenated alkanes) is 11. The molecule has 0 rings (SSSR count). The van der Waals surface area contributed by atoms with Gasteiger partial charge in [0.1, 0.15) is 36.6 Å². The summed E-state index contributed by atoms with van der Waals surface area (Å²) in [4.78, 5) is 96.1. The molecule has 370 valence electrons. The molecule has 64 heavy (non-hydrogen) atoms. The first-order valence-electron chi connectivity index (χ1n) is 23.9. The highest BCUT2D eigenvalue weighted by molar-refractivity contribution is 5.86. The third kappa shape index (κ3) is 37.6. The minimum atomic E-state index is -1.31. The van der Waals surface area contributed by atoms with Crippen LogP contribution in [0.25, 0.3) is 0 Å². The van der Waals surface area contributed by atoms with Crippen molar-refractivity contribution < 1.29 is 67.5 Å². The number of ketones is 3. The topological polar surface area (TPSA) is 250 Å². The molecule has 0 saturated heterocycles. The van der Waals surface area contributed by atoms with Crippen LogP contribution in [0.2, 0.25) is 0 Å². The third-order valence-electron chi connectivity index (χ3n) is 10.8. The van der Waals surface area contributed by atoms with Crippen LogP contribution in [0.5, 0.6) is 0 Å². The summed E-state index contributed by atoms with van der Waals surface area (Å²) in [6.45, 7) is 7.73. The molecular formula is C47H83N3O14. The molecule has 0 heterocycles. The molecule has 0 aliphatic rings. The highest BCUT2D eigenvalue weighted by Crippen LogP contribution is 2.17. The number of rotatable bonds is 47. The number of Topliss-reactive ketones (excluding diaryl/α,β-unsaturated/α-hetero) is 3. The molecule has 17 heteroatoms. The number of ether oxygens (including phenoxy) is 4. The lowest BCUT2D eigenvalue weighted by Crippen LogP contribution is -2.41. The summed E-state index contributed by atoms with van der Waals surface area (Å²) >= 11 is 0. The average molecular weight is 914 g/mol. The van der Waals surface area contributed by atoms with Crippen molar-refractivity contribution in [2.75, 3.05) is 65.9 Å². The van der Waals surface area contributed by atoms with Crippen molar-refractivity contribution in [1.29, 1.82) is 0 Å². The van der Waals surface area contributed by atoms with E-state index in [1.807, 2.05) is 6.92 Å². The second-order valence-electron chi connectivity index (χ2n) is 16.5. The van der Waals surface area contributed by atoms with Gasteiger partial charge in [-0.2, -0.15) is 0 Å². The van der Waals surface area contributed by atoms with Crippen LogP contribution >= 0.6 is 0 Å². The number of hydrogen-bond acceptors (Lipinski definition) is 12. The van der Waals surface area contributed by atoms with Crippen LogP contribution in [-0.2, 0) is 57.3 Å². The first-order chi connectivity index (χ1) is 30.8. The molecule has 2 unspecified atom stereocenters. The fourth-order valence-electron chi connectivity index (χ4n) is 6.88. The van der Waals surface area contributed by atoms with Crippen molar-refractivity contribution in [2.45, 2.75) is 174 Å². The molecule has 0 saturated carbocycles. The monoisotopic (exact) mass is 914 g/mol. The second-order valence-corrected chi connectivity index (χ2v) is 16.5. The van der Waals surface area contributed by atoms with E-state index in [2.05, 4.69) is 22.9 Å². The van der Waals surface area contributed by atoms with Crippen molar-refractivity contribution in [3.05, 3.63) is 0 Å². The van der Waals surface area contributed by atoms with E-state index >= 15 is 0 Å². The van der Waals surface area contributed by atoms with Gasteiger partial charge in [-0.05, 0) is 51.9 Å². The molecule has 0 aromatic heterocycles. The Bertz CT molecular complexity index is 1310. The van der Waals surface area contributed by atoms with Crippen molar-refractivity contribution in [2.24, 2.45) is 11.8 Å². The third-order valence-corrected chi connectivity index (χ3v) is 10.8. The molecule has 0 fully saturated rings. The summed E-state index contributed by atoms with van der Waals surface area (Å²) in [5, 5.41) is 27.0. The van der Waals surface area contributed by atoms with Crippen molar-refractivity contribution in [1.82, 2.24) is 16.0 Å². The zero-order valence-electron chi connectivity index (χ0n) is 39.4. The van der Waals surface area contributed by atoms with E-state index in [-0.39, 0.29) is 133 Å². The maximum Gasteiger partial charge on any atom is 0.326 e. The molecule has 5 N–H and O–H groups in total. The Morgan fingerprint density at radius 3 is 1.58 bits per heavy atom. The number of hydrogen-bond donors (Lipinski definition) is 5. The highest BCUT2D eigenvalue weighted by Gasteiger charge is 2.25. The Hall–Kier alpha value is -3.80. The maximum absolute atomic E-state index is 12.5. The number of nitrogens with one attached hydrogen (secondary N) is 3. The molecule has 0 aromatic rings. The number of carbonyl (C=O) groups excluding carboxylic acids is 6. The summed E-state index contributed by atoms with van der Waals surface area (Å²) in [6, 6.07) is -1.31. The summed E-state index contributed by atoms with van der Waals surface area (Å²) in [7, 11) is 0. The maximum atomic E-state index is 12.5. The highest BCUT2D eigenvalue weighted by atomic mass is 16.5. The van der Waals surface area contributed by atoms with E-state index in [4.69, 9.17) is 18.9 Å². The van der Waals surface area contributed by atoms with Gasteiger partial charge in [0, 0.05) is 57.7 Å². The molecule has 3 amide bonds. The van der Waals surface area contributed by atoms with Crippen LogP contribution in [0.1, 0.15) is 168 Å². The minimum absolute atomic E-state index is 0.0741. The molecule has 0 spiro atoms. The van der Waals surface area contributed by atoms with Crippen LogP contribution in [0, 0.1) is 11.8 Å². The van der Waals surface area contributed by atoms with E-state index in [1.165, 1.54) is 44.9 Å². The van der Waals surface area contributed by atoms with Gasteiger partial charge in [-0.25, -0.2) is 4.79 Å². The summed E-state index contributed by atoms with van der Waals surface area (Å²) in [5.74, 6) is -4.76. The van der Waals surface area contributed by atoms with Crippen molar-refractivity contribution >= 4 is 47.0 Å². The predicted octanol–water partition coefficient (Wildman–Crippen LogP) is 5.91. The molecule has 0 aliphatic heterocycles. The Morgan fingerprint density at radius 1 is 0.469 bits per heavy atom. The number of amides is 3. The van der Waals surface area contributed by atoms with Gasteiger partial charge in [-0.15, -0.1) is 0 Å².